The van der Waals surface area contributed by atoms with Crippen molar-refractivity contribution in [2.24, 2.45) is 0 Å². The molecule has 0 unspecified atom stereocenters. The van der Waals surface area contributed by atoms with Crippen molar-refractivity contribution in [3.8, 4) is 0 Å². The second-order valence-corrected chi connectivity index (χ2v) is 6.60. The molecule has 2 rings (SSSR count). The predicted molar refractivity (Wildman–Crippen MR) is 84.7 cm³/mol. The minimum absolute atomic E-state index is 0.0334. The van der Waals surface area contributed by atoms with Crippen LogP contribution in [-0.2, 0) is 4.74 Å². The van der Waals surface area contributed by atoms with Crippen molar-refractivity contribution in [1.82, 2.24) is 10.2 Å². The lowest BCUT2D eigenvalue weighted by molar-refractivity contribution is 0.0185. The van der Waals surface area contributed by atoms with Crippen LogP contribution < -0.4 is 5.32 Å². The summed E-state index contributed by atoms with van der Waals surface area (Å²) in [7, 11) is 0. The molecule has 1 atom stereocenters. The van der Waals surface area contributed by atoms with Crippen LogP contribution in [0.25, 0.3) is 0 Å². The molecule has 2 amide bonds. The summed E-state index contributed by atoms with van der Waals surface area (Å²) >= 11 is 0. The van der Waals surface area contributed by atoms with Gasteiger partial charge in [-0.1, -0.05) is 18.2 Å². The van der Waals surface area contributed by atoms with E-state index in [0.29, 0.717) is 18.7 Å². The van der Waals surface area contributed by atoms with E-state index in [-0.39, 0.29) is 18.0 Å². The molecule has 1 aromatic rings. The van der Waals surface area contributed by atoms with E-state index >= 15 is 0 Å². The van der Waals surface area contributed by atoms with Gasteiger partial charge in [-0.3, -0.25) is 4.79 Å². The van der Waals surface area contributed by atoms with E-state index in [0.717, 1.165) is 12.8 Å². The highest BCUT2D eigenvalue weighted by molar-refractivity contribution is 5.94. The second-order valence-electron chi connectivity index (χ2n) is 6.60. The quantitative estimate of drug-likeness (QED) is 0.914. The van der Waals surface area contributed by atoms with Crippen LogP contribution in [0, 0.1) is 0 Å². The fourth-order valence-electron chi connectivity index (χ4n) is 2.45. The Bertz CT molecular complexity index is 522. The van der Waals surface area contributed by atoms with Gasteiger partial charge in [0.1, 0.15) is 5.60 Å². The van der Waals surface area contributed by atoms with Gasteiger partial charge in [0.2, 0.25) is 0 Å². The SMILES string of the molecule is CC(C)(C)OC(=O)N1CCC[C@@H](NC(=O)c2ccccc2)C1. The van der Waals surface area contributed by atoms with E-state index in [4.69, 9.17) is 4.74 Å². The standard InChI is InChI=1S/C17H24N2O3/c1-17(2,3)22-16(21)19-11-7-10-14(12-19)18-15(20)13-8-5-4-6-9-13/h4-6,8-9,14H,7,10-12H2,1-3H3,(H,18,20)/t14-/m1/s1. The zero-order valence-corrected chi connectivity index (χ0v) is 13.5. The molecule has 0 bridgehead atoms. The summed E-state index contributed by atoms with van der Waals surface area (Å²) in [6, 6.07) is 9.08. The molecular formula is C17H24N2O3. The average molecular weight is 304 g/mol. The number of carbonyl (C=O) groups is 2. The number of likely N-dealkylation sites (tertiary alicyclic amines) is 1. The van der Waals surface area contributed by atoms with Gasteiger partial charge >= 0.3 is 6.09 Å². The minimum atomic E-state index is -0.503. The van der Waals surface area contributed by atoms with Crippen molar-refractivity contribution in [3.63, 3.8) is 0 Å². The van der Waals surface area contributed by atoms with Crippen molar-refractivity contribution in [2.45, 2.75) is 45.3 Å². The van der Waals surface area contributed by atoms with Crippen molar-refractivity contribution in [2.75, 3.05) is 13.1 Å². The van der Waals surface area contributed by atoms with E-state index in [1.54, 1.807) is 17.0 Å². The minimum Gasteiger partial charge on any atom is -0.444 e. The highest BCUT2D eigenvalue weighted by Gasteiger charge is 2.28. The Morgan fingerprint density at radius 3 is 2.55 bits per heavy atom. The Morgan fingerprint density at radius 1 is 1.23 bits per heavy atom. The monoisotopic (exact) mass is 304 g/mol. The van der Waals surface area contributed by atoms with Gasteiger partial charge in [-0.25, -0.2) is 4.79 Å². The molecule has 0 radical (unpaired) electrons. The first kappa shape index (κ1) is 16.3. The van der Waals surface area contributed by atoms with E-state index < -0.39 is 5.60 Å². The lowest BCUT2D eigenvalue weighted by Crippen LogP contribution is -2.50. The maximum Gasteiger partial charge on any atom is 0.410 e. The van der Waals surface area contributed by atoms with Crippen LogP contribution in [0.4, 0.5) is 4.79 Å². The molecule has 1 heterocycles. The summed E-state index contributed by atoms with van der Waals surface area (Å²) in [6.07, 6.45) is 1.42. The molecule has 5 nitrogen and oxygen atoms in total. The Labute approximate surface area is 131 Å². The molecule has 1 aliphatic rings. The molecule has 1 aliphatic heterocycles. The molecule has 0 aliphatic carbocycles. The first-order chi connectivity index (χ1) is 10.3. The van der Waals surface area contributed by atoms with Gasteiger partial charge in [0.25, 0.3) is 5.91 Å². The first-order valence-corrected chi connectivity index (χ1v) is 7.69. The Hall–Kier alpha value is -2.04. The molecule has 1 aromatic carbocycles. The smallest absolute Gasteiger partial charge is 0.410 e. The summed E-state index contributed by atoms with van der Waals surface area (Å²) in [5, 5.41) is 2.99. The van der Waals surface area contributed by atoms with Crippen molar-refractivity contribution in [1.29, 1.82) is 0 Å². The number of benzene rings is 1. The molecule has 5 heteroatoms. The number of nitrogens with zero attached hydrogens (tertiary/aromatic N) is 1. The molecule has 120 valence electrons. The number of piperidine rings is 1. The second kappa shape index (κ2) is 6.81. The maximum atomic E-state index is 12.2. The molecule has 22 heavy (non-hydrogen) atoms. The largest absolute Gasteiger partial charge is 0.444 e. The number of rotatable bonds is 2. The fourth-order valence-corrected chi connectivity index (χ4v) is 2.45. The van der Waals surface area contributed by atoms with Gasteiger partial charge in [-0.05, 0) is 45.7 Å². The lowest BCUT2D eigenvalue weighted by atomic mass is 10.1. The van der Waals surface area contributed by atoms with Gasteiger partial charge in [0, 0.05) is 24.7 Å². The lowest BCUT2D eigenvalue weighted by Gasteiger charge is -2.34. The van der Waals surface area contributed by atoms with E-state index in [9.17, 15) is 9.59 Å². The Balaban J connectivity index is 1.91. The number of nitrogens with one attached hydrogen (secondary N) is 1. The summed E-state index contributed by atoms with van der Waals surface area (Å²) < 4.78 is 5.39. The number of hydrogen-bond donors (Lipinski definition) is 1. The molecule has 1 saturated heterocycles. The highest BCUT2D eigenvalue weighted by atomic mass is 16.6. The highest BCUT2D eigenvalue weighted by Crippen LogP contribution is 2.15. The van der Waals surface area contributed by atoms with Crippen molar-refractivity contribution < 1.29 is 14.3 Å². The number of carbonyl (C=O) groups excluding carboxylic acids is 2. The molecule has 0 aromatic heterocycles. The summed E-state index contributed by atoms with van der Waals surface area (Å²) in [6.45, 7) is 6.72. The number of amides is 2. The molecule has 0 spiro atoms. The van der Waals surface area contributed by atoms with Gasteiger partial charge in [-0.15, -0.1) is 0 Å². The predicted octanol–water partition coefficient (Wildman–Crippen LogP) is 2.82. The molecule has 1 fully saturated rings. The topological polar surface area (TPSA) is 58.6 Å². The van der Waals surface area contributed by atoms with Gasteiger partial charge in [-0.2, -0.15) is 0 Å². The third-order valence-electron chi connectivity index (χ3n) is 3.44. The fraction of sp³-hybridized carbons (Fsp3) is 0.529. The van der Waals surface area contributed by atoms with Crippen LogP contribution in [0.15, 0.2) is 30.3 Å². The van der Waals surface area contributed by atoms with Crippen molar-refractivity contribution >= 4 is 12.0 Å². The van der Waals surface area contributed by atoms with Gasteiger partial charge in [0.05, 0.1) is 0 Å². The van der Waals surface area contributed by atoms with Crippen LogP contribution in [0.2, 0.25) is 0 Å². The van der Waals surface area contributed by atoms with Crippen LogP contribution in [0.5, 0.6) is 0 Å². The average Bonchev–Trinajstić information content (AvgIpc) is 2.46. The zero-order chi connectivity index (χ0) is 16.2. The van der Waals surface area contributed by atoms with Gasteiger partial charge < -0.3 is 15.0 Å². The van der Waals surface area contributed by atoms with E-state index in [1.807, 2.05) is 39.0 Å². The zero-order valence-electron chi connectivity index (χ0n) is 13.5. The van der Waals surface area contributed by atoms with Crippen LogP contribution in [-0.4, -0.2) is 41.6 Å². The van der Waals surface area contributed by atoms with Crippen LogP contribution in [0.3, 0.4) is 0 Å². The summed E-state index contributed by atoms with van der Waals surface area (Å²) in [5.74, 6) is -0.100. The summed E-state index contributed by atoms with van der Waals surface area (Å²) in [5.41, 5.74) is 0.133. The molecule has 1 N–H and O–H groups in total. The normalized spacial score (nSPS) is 18.7. The van der Waals surface area contributed by atoms with Crippen molar-refractivity contribution in [3.05, 3.63) is 35.9 Å². The Morgan fingerprint density at radius 2 is 1.91 bits per heavy atom. The summed E-state index contributed by atoms with van der Waals surface area (Å²) in [4.78, 5) is 25.9. The third kappa shape index (κ3) is 4.76. The van der Waals surface area contributed by atoms with Crippen LogP contribution >= 0.6 is 0 Å². The molecule has 0 saturated carbocycles. The molecular weight excluding hydrogens is 280 g/mol. The maximum absolute atomic E-state index is 12.2. The van der Waals surface area contributed by atoms with Crippen LogP contribution in [0.1, 0.15) is 44.0 Å². The number of ether oxygens (including phenoxy) is 1. The third-order valence-corrected chi connectivity index (χ3v) is 3.44. The first-order valence-electron chi connectivity index (χ1n) is 7.69. The van der Waals surface area contributed by atoms with E-state index in [2.05, 4.69) is 5.32 Å². The number of hydrogen-bond acceptors (Lipinski definition) is 3. The van der Waals surface area contributed by atoms with Gasteiger partial charge in [0.15, 0.2) is 0 Å². The Kier molecular flexibility index (Phi) is 5.06. The van der Waals surface area contributed by atoms with E-state index in [1.165, 1.54) is 0 Å².